The van der Waals surface area contributed by atoms with Gasteiger partial charge in [0.25, 0.3) is 5.91 Å². The van der Waals surface area contributed by atoms with E-state index in [-0.39, 0.29) is 11.9 Å². The molecule has 0 spiro atoms. The molecule has 3 rings (SSSR count). The Hall–Kier alpha value is -0.950. The van der Waals surface area contributed by atoms with E-state index in [9.17, 15) is 4.79 Å². The molecule has 124 valence electrons. The molecule has 0 bridgehead atoms. The average Bonchev–Trinajstić information content (AvgIpc) is 3.12. The van der Waals surface area contributed by atoms with Gasteiger partial charge in [0.15, 0.2) is 0 Å². The highest BCUT2D eigenvalue weighted by molar-refractivity contribution is 7.24. The molecule has 2 atom stereocenters. The molecular weight excluding hydrogens is 350 g/mol. The number of rotatable bonds is 3. The lowest BCUT2D eigenvalue weighted by Crippen LogP contribution is -2.45. The minimum absolute atomic E-state index is 0.0826. The predicted octanol–water partition coefficient (Wildman–Crippen LogP) is 4.03. The summed E-state index contributed by atoms with van der Waals surface area (Å²) in [6.45, 7) is 5.47. The quantitative estimate of drug-likeness (QED) is 0.888. The second-order valence-electron chi connectivity index (χ2n) is 6.05. The van der Waals surface area contributed by atoms with Gasteiger partial charge in [0.05, 0.1) is 14.9 Å². The average molecular weight is 370 g/mol. The number of nitrogens with zero attached hydrogens (tertiary/aromatic N) is 2. The molecule has 7 heteroatoms. The number of carbonyl (C=O) groups is 1. The Balaban J connectivity index is 1.81. The molecule has 0 unspecified atom stereocenters. The molecule has 0 aromatic carbocycles. The number of piperidine rings is 1. The summed E-state index contributed by atoms with van der Waals surface area (Å²) in [5.74, 6) is 0.468. The molecule has 3 heterocycles. The maximum atomic E-state index is 12.9. The first-order chi connectivity index (χ1) is 11.0. The van der Waals surface area contributed by atoms with Crippen molar-refractivity contribution < 1.29 is 4.79 Å². The van der Waals surface area contributed by atoms with Crippen molar-refractivity contribution in [1.82, 2.24) is 9.88 Å². The number of carbonyl (C=O) groups excluding carboxylic acids is 1. The first-order valence-corrected chi connectivity index (χ1v) is 9.75. The van der Waals surface area contributed by atoms with E-state index in [0.29, 0.717) is 5.92 Å². The topological polar surface area (TPSA) is 59.2 Å². The van der Waals surface area contributed by atoms with Crippen LogP contribution in [0, 0.1) is 12.8 Å². The Morgan fingerprint density at radius 3 is 2.91 bits per heavy atom. The third-order valence-electron chi connectivity index (χ3n) is 4.26. The Kier molecular flexibility index (Phi) is 5.06. The summed E-state index contributed by atoms with van der Waals surface area (Å²) in [4.78, 5) is 21.1. The Morgan fingerprint density at radius 1 is 1.48 bits per heavy atom. The summed E-state index contributed by atoms with van der Waals surface area (Å²) in [7, 11) is 0. The molecule has 1 aliphatic heterocycles. The first-order valence-electron chi connectivity index (χ1n) is 7.73. The van der Waals surface area contributed by atoms with Crippen LogP contribution in [0.3, 0.4) is 0 Å². The Labute approximate surface area is 149 Å². The molecule has 0 aliphatic carbocycles. The molecule has 2 aromatic heterocycles. The summed E-state index contributed by atoms with van der Waals surface area (Å²) in [6, 6.07) is 3.93. The molecule has 1 amide bonds. The van der Waals surface area contributed by atoms with Crippen LogP contribution >= 0.6 is 34.3 Å². The number of aryl methyl sites for hydroxylation is 1. The molecule has 1 aliphatic rings. The minimum Gasteiger partial charge on any atom is -0.338 e. The van der Waals surface area contributed by atoms with Crippen LogP contribution in [0.2, 0.25) is 4.34 Å². The van der Waals surface area contributed by atoms with E-state index in [0.717, 1.165) is 50.7 Å². The van der Waals surface area contributed by atoms with Gasteiger partial charge in [-0.05, 0) is 44.7 Å². The SMILES string of the molecule is Cc1nc(-c2ccc(Cl)s2)sc1C(=O)N1CCC[C@@H]([C@H](C)N)C1. The largest absolute Gasteiger partial charge is 0.338 e. The molecule has 0 saturated carbocycles. The number of thiophene rings is 1. The lowest BCUT2D eigenvalue weighted by molar-refractivity contribution is 0.0665. The fourth-order valence-electron chi connectivity index (χ4n) is 2.90. The van der Waals surface area contributed by atoms with Crippen LogP contribution in [-0.2, 0) is 0 Å². The molecule has 2 N–H and O–H groups in total. The molecule has 2 aromatic rings. The van der Waals surface area contributed by atoms with E-state index >= 15 is 0 Å². The number of thiazole rings is 1. The van der Waals surface area contributed by atoms with Gasteiger partial charge in [-0.3, -0.25) is 4.79 Å². The predicted molar refractivity (Wildman–Crippen MR) is 97.5 cm³/mol. The van der Waals surface area contributed by atoms with Crippen LogP contribution in [0.1, 0.15) is 35.1 Å². The van der Waals surface area contributed by atoms with E-state index in [1.807, 2.05) is 30.9 Å². The van der Waals surface area contributed by atoms with E-state index in [1.165, 1.54) is 22.7 Å². The first kappa shape index (κ1) is 16.9. The summed E-state index contributed by atoms with van der Waals surface area (Å²) >= 11 is 8.94. The van der Waals surface area contributed by atoms with Crippen molar-refractivity contribution in [2.45, 2.75) is 32.7 Å². The van der Waals surface area contributed by atoms with Crippen molar-refractivity contribution in [2.24, 2.45) is 11.7 Å². The summed E-state index contributed by atoms with van der Waals surface area (Å²) in [5, 5.41) is 0.864. The highest BCUT2D eigenvalue weighted by Crippen LogP contribution is 2.35. The van der Waals surface area contributed by atoms with Gasteiger partial charge in [-0.15, -0.1) is 22.7 Å². The smallest absolute Gasteiger partial charge is 0.265 e. The third-order valence-corrected chi connectivity index (χ3v) is 6.81. The van der Waals surface area contributed by atoms with E-state index in [2.05, 4.69) is 4.98 Å². The molecule has 4 nitrogen and oxygen atoms in total. The third kappa shape index (κ3) is 3.60. The van der Waals surface area contributed by atoms with Crippen LogP contribution in [0.5, 0.6) is 0 Å². The van der Waals surface area contributed by atoms with Gasteiger partial charge in [-0.2, -0.15) is 0 Å². The molecule has 1 saturated heterocycles. The number of hydrogen-bond acceptors (Lipinski definition) is 5. The van der Waals surface area contributed by atoms with E-state index in [1.54, 1.807) is 0 Å². The van der Waals surface area contributed by atoms with Gasteiger partial charge in [-0.25, -0.2) is 4.98 Å². The van der Waals surface area contributed by atoms with Gasteiger partial charge in [-0.1, -0.05) is 11.6 Å². The summed E-state index contributed by atoms with van der Waals surface area (Å²) < 4.78 is 0.733. The second kappa shape index (κ2) is 6.89. The molecule has 23 heavy (non-hydrogen) atoms. The second-order valence-corrected chi connectivity index (χ2v) is 8.76. The van der Waals surface area contributed by atoms with Crippen LogP contribution in [0.15, 0.2) is 12.1 Å². The van der Waals surface area contributed by atoms with Crippen molar-refractivity contribution in [1.29, 1.82) is 0 Å². The van der Waals surface area contributed by atoms with Gasteiger partial charge >= 0.3 is 0 Å². The standard InChI is InChI=1S/C16H20ClN3OS2/c1-9(18)11-4-3-7-20(8-11)16(21)14-10(2)19-15(23-14)12-5-6-13(17)22-12/h5-6,9,11H,3-4,7-8,18H2,1-2H3/t9-,11+/m0/s1. The molecular formula is C16H20ClN3OS2. The van der Waals surface area contributed by atoms with E-state index < -0.39 is 0 Å². The normalized spacial score (nSPS) is 19.8. The van der Waals surface area contributed by atoms with Crippen molar-refractivity contribution in [3.8, 4) is 9.88 Å². The Morgan fingerprint density at radius 2 is 2.26 bits per heavy atom. The van der Waals surface area contributed by atoms with Crippen LogP contribution in [-0.4, -0.2) is 34.9 Å². The highest BCUT2D eigenvalue weighted by Gasteiger charge is 2.28. The zero-order valence-corrected chi connectivity index (χ0v) is 15.6. The van der Waals surface area contributed by atoms with Crippen LogP contribution in [0.4, 0.5) is 0 Å². The van der Waals surface area contributed by atoms with Gasteiger partial charge in [0.1, 0.15) is 9.88 Å². The maximum absolute atomic E-state index is 12.9. The zero-order chi connectivity index (χ0) is 16.6. The zero-order valence-electron chi connectivity index (χ0n) is 13.2. The van der Waals surface area contributed by atoms with Crippen molar-refractivity contribution in [2.75, 3.05) is 13.1 Å². The van der Waals surface area contributed by atoms with Crippen molar-refractivity contribution in [3.05, 3.63) is 27.0 Å². The number of likely N-dealkylation sites (tertiary alicyclic amines) is 1. The number of amides is 1. The fraction of sp³-hybridized carbons (Fsp3) is 0.500. The maximum Gasteiger partial charge on any atom is 0.265 e. The lowest BCUT2D eigenvalue weighted by atomic mass is 9.92. The summed E-state index contributed by atoms with van der Waals surface area (Å²) in [5.41, 5.74) is 6.82. The van der Waals surface area contributed by atoms with Crippen molar-refractivity contribution in [3.63, 3.8) is 0 Å². The van der Waals surface area contributed by atoms with Crippen LogP contribution in [0.25, 0.3) is 9.88 Å². The van der Waals surface area contributed by atoms with E-state index in [4.69, 9.17) is 17.3 Å². The summed E-state index contributed by atoms with van der Waals surface area (Å²) in [6.07, 6.45) is 2.12. The molecule has 0 radical (unpaired) electrons. The number of nitrogens with two attached hydrogens (primary N) is 1. The highest BCUT2D eigenvalue weighted by atomic mass is 35.5. The van der Waals surface area contributed by atoms with Crippen LogP contribution < -0.4 is 5.73 Å². The fourth-order valence-corrected chi connectivity index (χ4v) is 5.03. The number of halogens is 1. The van der Waals surface area contributed by atoms with Gasteiger partial charge < -0.3 is 10.6 Å². The monoisotopic (exact) mass is 369 g/mol. The number of hydrogen-bond donors (Lipinski definition) is 1. The lowest BCUT2D eigenvalue weighted by Gasteiger charge is -2.34. The van der Waals surface area contributed by atoms with Gasteiger partial charge in [0, 0.05) is 19.1 Å². The minimum atomic E-state index is 0.0826. The number of aromatic nitrogens is 1. The van der Waals surface area contributed by atoms with Crippen molar-refractivity contribution >= 4 is 40.2 Å². The Bertz CT molecular complexity index is 710. The van der Waals surface area contributed by atoms with Gasteiger partial charge in [0.2, 0.25) is 0 Å². The molecule has 1 fully saturated rings.